The molecule has 24 heavy (non-hydrogen) atoms. The predicted molar refractivity (Wildman–Crippen MR) is 94.1 cm³/mol. The van der Waals surface area contributed by atoms with E-state index < -0.39 is 0 Å². The Kier molecular flexibility index (Phi) is 4.12. The monoisotopic (exact) mass is 344 g/mol. The van der Waals surface area contributed by atoms with E-state index in [9.17, 15) is 4.39 Å². The molecular weight excluding hydrogens is 327 g/mol. The van der Waals surface area contributed by atoms with Crippen LogP contribution in [0.15, 0.2) is 48.8 Å². The van der Waals surface area contributed by atoms with Gasteiger partial charge in [-0.25, -0.2) is 9.37 Å². The van der Waals surface area contributed by atoms with Crippen LogP contribution in [0.2, 0.25) is 5.02 Å². The Labute approximate surface area is 145 Å². The van der Waals surface area contributed by atoms with E-state index in [1.807, 2.05) is 41.1 Å². The van der Waals surface area contributed by atoms with Crippen LogP contribution in [-0.4, -0.2) is 40.5 Å². The molecule has 1 fully saturated rings. The fourth-order valence-corrected chi connectivity index (χ4v) is 3.35. The van der Waals surface area contributed by atoms with Gasteiger partial charge in [0.1, 0.15) is 11.5 Å². The number of fused-ring (bicyclic) bond motifs is 1. The third-order valence-electron chi connectivity index (χ3n) is 4.42. The third kappa shape index (κ3) is 3.09. The molecule has 3 heterocycles. The molecule has 1 aromatic carbocycles. The number of anilines is 1. The molecule has 0 amide bonds. The summed E-state index contributed by atoms with van der Waals surface area (Å²) in [6.45, 7) is 4.22. The van der Waals surface area contributed by atoms with E-state index in [0.29, 0.717) is 10.7 Å². The van der Waals surface area contributed by atoms with Gasteiger partial charge in [-0.05, 0) is 24.3 Å². The standard InChI is InChI=1S/C18H18ClFN4/c19-14-5-6-18-21-15(13-24(18)11-14)12-22-7-9-23(10-8-22)17-4-2-1-3-16(17)20/h1-6,11,13H,7-10,12H2. The van der Waals surface area contributed by atoms with Crippen molar-refractivity contribution in [1.82, 2.24) is 14.3 Å². The Balaban J connectivity index is 1.41. The van der Waals surface area contributed by atoms with E-state index in [0.717, 1.165) is 44.1 Å². The first kappa shape index (κ1) is 15.4. The van der Waals surface area contributed by atoms with Crippen LogP contribution in [-0.2, 0) is 6.54 Å². The molecular formula is C18H18ClFN4. The number of benzene rings is 1. The highest BCUT2D eigenvalue weighted by atomic mass is 35.5. The van der Waals surface area contributed by atoms with E-state index in [-0.39, 0.29) is 5.82 Å². The lowest BCUT2D eigenvalue weighted by Crippen LogP contribution is -2.46. The van der Waals surface area contributed by atoms with Crippen molar-refractivity contribution in [1.29, 1.82) is 0 Å². The van der Waals surface area contributed by atoms with Crippen LogP contribution >= 0.6 is 11.6 Å². The zero-order chi connectivity index (χ0) is 16.5. The van der Waals surface area contributed by atoms with Gasteiger partial charge in [-0.15, -0.1) is 0 Å². The summed E-state index contributed by atoms with van der Waals surface area (Å²) in [4.78, 5) is 9.08. The molecule has 3 aromatic rings. The van der Waals surface area contributed by atoms with Gasteiger partial charge in [-0.3, -0.25) is 4.90 Å². The van der Waals surface area contributed by atoms with Crippen molar-refractivity contribution >= 4 is 22.9 Å². The Bertz CT molecular complexity index is 855. The lowest BCUT2D eigenvalue weighted by molar-refractivity contribution is 0.247. The van der Waals surface area contributed by atoms with Crippen molar-refractivity contribution in [3.8, 4) is 0 Å². The Morgan fingerprint density at radius 2 is 1.79 bits per heavy atom. The molecule has 0 saturated carbocycles. The molecule has 6 heteroatoms. The first-order valence-electron chi connectivity index (χ1n) is 8.04. The molecule has 0 radical (unpaired) electrons. The van der Waals surface area contributed by atoms with Gasteiger partial charge in [0.15, 0.2) is 0 Å². The maximum absolute atomic E-state index is 13.9. The molecule has 0 N–H and O–H groups in total. The minimum absolute atomic E-state index is 0.150. The molecule has 0 unspecified atom stereocenters. The molecule has 1 saturated heterocycles. The molecule has 1 aliphatic rings. The van der Waals surface area contributed by atoms with Gasteiger partial charge in [0.05, 0.1) is 16.4 Å². The van der Waals surface area contributed by atoms with Gasteiger partial charge in [-0.2, -0.15) is 0 Å². The van der Waals surface area contributed by atoms with Crippen molar-refractivity contribution in [3.05, 3.63) is 65.3 Å². The molecule has 4 nitrogen and oxygen atoms in total. The van der Waals surface area contributed by atoms with Gasteiger partial charge in [0, 0.05) is 45.1 Å². The highest BCUT2D eigenvalue weighted by Gasteiger charge is 2.20. The van der Waals surface area contributed by atoms with Crippen molar-refractivity contribution in [2.45, 2.75) is 6.54 Å². The van der Waals surface area contributed by atoms with Crippen molar-refractivity contribution in [2.24, 2.45) is 0 Å². The number of hydrogen-bond acceptors (Lipinski definition) is 3. The van der Waals surface area contributed by atoms with Crippen LogP contribution in [0.1, 0.15) is 5.69 Å². The van der Waals surface area contributed by atoms with E-state index >= 15 is 0 Å². The molecule has 4 rings (SSSR count). The summed E-state index contributed by atoms with van der Waals surface area (Å²) in [5.41, 5.74) is 2.62. The SMILES string of the molecule is Fc1ccccc1N1CCN(Cc2cn3cc(Cl)ccc3n2)CC1. The first-order valence-corrected chi connectivity index (χ1v) is 8.42. The number of rotatable bonds is 3. The van der Waals surface area contributed by atoms with Crippen LogP contribution in [0.25, 0.3) is 5.65 Å². The molecule has 0 atom stereocenters. The molecule has 0 aliphatic carbocycles. The van der Waals surface area contributed by atoms with Gasteiger partial charge < -0.3 is 9.30 Å². The lowest BCUT2D eigenvalue weighted by atomic mass is 10.2. The summed E-state index contributed by atoms with van der Waals surface area (Å²) in [6.07, 6.45) is 3.88. The average Bonchev–Trinajstić information content (AvgIpc) is 2.97. The molecule has 2 aromatic heterocycles. The van der Waals surface area contributed by atoms with Crippen LogP contribution < -0.4 is 4.90 Å². The first-order chi connectivity index (χ1) is 11.7. The van der Waals surface area contributed by atoms with Gasteiger partial charge in [0.25, 0.3) is 0 Å². The molecule has 0 bridgehead atoms. The minimum atomic E-state index is -0.150. The summed E-state index contributed by atoms with van der Waals surface area (Å²) in [6, 6.07) is 10.7. The van der Waals surface area contributed by atoms with E-state index in [1.165, 1.54) is 6.07 Å². The maximum atomic E-state index is 13.9. The Hall–Kier alpha value is -2.11. The number of pyridine rings is 1. The maximum Gasteiger partial charge on any atom is 0.146 e. The van der Waals surface area contributed by atoms with Gasteiger partial charge in [-0.1, -0.05) is 23.7 Å². The largest absolute Gasteiger partial charge is 0.367 e. The summed E-state index contributed by atoms with van der Waals surface area (Å²) in [7, 11) is 0. The van der Waals surface area contributed by atoms with Gasteiger partial charge in [0.2, 0.25) is 0 Å². The quantitative estimate of drug-likeness (QED) is 0.727. The molecule has 124 valence electrons. The highest BCUT2D eigenvalue weighted by molar-refractivity contribution is 6.30. The zero-order valence-corrected chi connectivity index (χ0v) is 14.0. The van der Waals surface area contributed by atoms with Crippen LogP contribution in [0, 0.1) is 5.82 Å². The Morgan fingerprint density at radius 3 is 2.58 bits per heavy atom. The number of imidazole rings is 1. The smallest absolute Gasteiger partial charge is 0.146 e. The molecule has 1 aliphatic heterocycles. The highest BCUT2D eigenvalue weighted by Crippen LogP contribution is 2.21. The lowest BCUT2D eigenvalue weighted by Gasteiger charge is -2.35. The second-order valence-electron chi connectivity index (χ2n) is 6.06. The zero-order valence-electron chi connectivity index (χ0n) is 13.2. The summed E-state index contributed by atoms with van der Waals surface area (Å²) in [5.74, 6) is -0.150. The number of halogens is 2. The topological polar surface area (TPSA) is 23.8 Å². The van der Waals surface area contributed by atoms with E-state index in [2.05, 4.69) is 14.8 Å². The van der Waals surface area contributed by atoms with Crippen molar-refractivity contribution < 1.29 is 4.39 Å². The van der Waals surface area contributed by atoms with E-state index in [1.54, 1.807) is 6.07 Å². The summed E-state index contributed by atoms with van der Waals surface area (Å²) in [5, 5.41) is 0.699. The normalized spacial score (nSPS) is 16.0. The Morgan fingerprint density at radius 1 is 1.00 bits per heavy atom. The number of para-hydroxylation sites is 1. The second-order valence-corrected chi connectivity index (χ2v) is 6.50. The minimum Gasteiger partial charge on any atom is -0.367 e. The summed E-state index contributed by atoms with van der Waals surface area (Å²) >= 11 is 6.01. The number of nitrogens with zero attached hydrogens (tertiary/aromatic N) is 4. The fraction of sp³-hybridized carbons (Fsp3) is 0.278. The summed E-state index contributed by atoms with van der Waals surface area (Å²) < 4.78 is 15.8. The number of piperazine rings is 1. The van der Waals surface area contributed by atoms with Gasteiger partial charge >= 0.3 is 0 Å². The van der Waals surface area contributed by atoms with Crippen LogP contribution in [0.3, 0.4) is 0 Å². The number of aromatic nitrogens is 2. The van der Waals surface area contributed by atoms with E-state index in [4.69, 9.17) is 11.6 Å². The third-order valence-corrected chi connectivity index (χ3v) is 4.64. The van der Waals surface area contributed by atoms with Crippen molar-refractivity contribution in [3.63, 3.8) is 0 Å². The fourth-order valence-electron chi connectivity index (χ4n) is 3.18. The van der Waals surface area contributed by atoms with Crippen LogP contribution in [0.5, 0.6) is 0 Å². The second kappa shape index (κ2) is 6.42. The number of hydrogen-bond donors (Lipinski definition) is 0. The molecule has 0 spiro atoms. The average molecular weight is 345 g/mol. The van der Waals surface area contributed by atoms with Crippen molar-refractivity contribution in [2.75, 3.05) is 31.1 Å². The van der Waals surface area contributed by atoms with Crippen LogP contribution in [0.4, 0.5) is 10.1 Å². The predicted octanol–water partition coefficient (Wildman–Crippen LogP) is 3.45.